The molecule has 3 nitrogen and oxygen atoms in total. The highest BCUT2D eigenvalue weighted by Gasteiger charge is 2.18. The third-order valence-electron chi connectivity index (χ3n) is 2.19. The number of carbonyl (C=O) groups excluding carboxylic acids is 1. The molecule has 1 N–H and O–H groups in total. The van der Waals surface area contributed by atoms with Crippen molar-refractivity contribution in [3.05, 3.63) is 27.7 Å². The largest absolute Gasteiger partial charge is 0.496 e. The molecule has 0 fully saturated rings. The molecule has 1 heterocycles. The number of carbonyl (C=O) groups is 1. The molecule has 0 aliphatic carbocycles. The molecule has 0 atom stereocenters. The van der Waals surface area contributed by atoms with Gasteiger partial charge in [-0.25, -0.2) is 0 Å². The summed E-state index contributed by atoms with van der Waals surface area (Å²) in [7, 11) is -2.49. The highest BCUT2D eigenvalue weighted by molar-refractivity contribution is 9.10. The summed E-state index contributed by atoms with van der Waals surface area (Å²) in [5, 5.41) is 2.72. The van der Waals surface area contributed by atoms with E-state index in [9.17, 15) is 4.79 Å². The van der Waals surface area contributed by atoms with E-state index in [4.69, 9.17) is 8.85 Å². The molecule has 2 rings (SSSR count). The number of benzene rings is 1. The van der Waals surface area contributed by atoms with Crippen molar-refractivity contribution in [1.82, 2.24) is 5.32 Å². The molecule has 1 aromatic rings. The van der Waals surface area contributed by atoms with E-state index in [0.717, 1.165) is 5.56 Å². The second-order valence-corrected chi connectivity index (χ2v) is 3.90. The van der Waals surface area contributed by atoms with E-state index >= 15 is 0 Å². The Morgan fingerprint density at radius 1 is 1.64 bits per heavy atom. The lowest BCUT2D eigenvalue weighted by Crippen LogP contribution is -2.31. The first-order valence-corrected chi connectivity index (χ1v) is 4.96. The normalized spacial score (nSPS) is 18.6. The van der Waals surface area contributed by atoms with Crippen molar-refractivity contribution in [2.75, 3.05) is 13.6 Å². The van der Waals surface area contributed by atoms with Gasteiger partial charge in [0.2, 0.25) is 0 Å². The van der Waals surface area contributed by atoms with Crippen LogP contribution in [0.25, 0.3) is 0 Å². The van der Waals surface area contributed by atoms with Gasteiger partial charge in [0.15, 0.2) is 0 Å². The Morgan fingerprint density at radius 3 is 3.29 bits per heavy atom. The summed E-state index contributed by atoms with van der Waals surface area (Å²) in [5.41, 5.74) is 1.36. The van der Waals surface area contributed by atoms with Crippen LogP contribution in [0.15, 0.2) is 16.6 Å². The molecule has 0 bridgehead atoms. The Balaban J connectivity index is 2.40. The summed E-state index contributed by atoms with van der Waals surface area (Å²) in [4.78, 5) is 11.6. The van der Waals surface area contributed by atoms with E-state index in [1.54, 1.807) is 12.1 Å². The SMILES string of the molecule is [2H]C([2H])([2H])Oc1cc2c(cc1Br)C(=O)NCC2. The number of methoxy groups -OCH3 is 1. The average Bonchev–Trinajstić information content (AvgIpc) is 2.19. The molecule has 0 unspecified atom stereocenters. The van der Waals surface area contributed by atoms with Gasteiger partial charge in [0.1, 0.15) is 5.75 Å². The fraction of sp³-hybridized carbons (Fsp3) is 0.300. The zero-order chi connectivity index (χ0) is 12.6. The van der Waals surface area contributed by atoms with Crippen LogP contribution in [-0.4, -0.2) is 19.5 Å². The lowest BCUT2D eigenvalue weighted by Gasteiger charge is -2.17. The number of ether oxygens (including phenoxy) is 1. The van der Waals surface area contributed by atoms with Crippen molar-refractivity contribution in [1.29, 1.82) is 0 Å². The first kappa shape index (κ1) is 6.45. The predicted molar refractivity (Wildman–Crippen MR) is 56.7 cm³/mol. The molecule has 1 aromatic carbocycles. The van der Waals surface area contributed by atoms with E-state index < -0.39 is 7.04 Å². The standard InChI is InChI=1S/C10H10BrNO2/c1-14-9-4-6-2-3-12-10(13)7(6)5-8(9)11/h4-5H,2-3H2,1H3,(H,12,13)/i1D3. The van der Waals surface area contributed by atoms with E-state index in [1.165, 1.54) is 0 Å². The number of fused-ring (bicyclic) bond motifs is 1. The van der Waals surface area contributed by atoms with Gasteiger partial charge >= 0.3 is 0 Å². The van der Waals surface area contributed by atoms with Gasteiger partial charge in [-0.2, -0.15) is 0 Å². The molecule has 0 radical (unpaired) electrons. The van der Waals surface area contributed by atoms with Crippen molar-refractivity contribution < 1.29 is 13.6 Å². The zero-order valence-electron chi connectivity index (χ0n) is 10.3. The smallest absolute Gasteiger partial charge is 0.251 e. The average molecular weight is 259 g/mol. The van der Waals surface area contributed by atoms with Crippen LogP contribution < -0.4 is 10.1 Å². The first-order chi connectivity index (χ1) is 7.87. The Bertz CT molecular complexity index is 473. The molecule has 74 valence electrons. The lowest BCUT2D eigenvalue weighted by atomic mass is 10.0. The van der Waals surface area contributed by atoms with Gasteiger partial charge in [0, 0.05) is 12.1 Å². The highest BCUT2D eigenvalue weighted by atomic mass is 79.9. The van der Waals surface area contributed by atoms with Crippen molar-refractivity contribution in [2.45, 2.75) is 6.42 Å². The fourth-order valence-electron chi connectivity index (χ4n) is 1.50. The number of nitrogens with one attached hydrogen (secondary N) is 1. The van der Waals surface area contributed by atoms with Crippen LogP contribution in [0.1, 0.15) is 20.0 Å². The zero-order valence-corrected chi connectivity index (χ0v) is 8.85. The fourth-order valence-corrected chi connectivity index (χ4v) is 1.92. The van der Waals surface area contributed by atoms with E-state index in [0.29, 0.717) is 23.0 Å². The summed E-state index contributed by atoms with van der Waals surface area (Å²) in [5.74, 6) is 0.0887. The maximum absolute atomic E-state index is 11.6. The van der Waals surface area contributed by atoms with E-state index in [1.807, 2.05) is 0 Å². The third kappa shape index (κ3) is 1.50. The minimum Gasteiger partial charge on any atom is -0.496 e. The molecule has 0 aromatic heterocycles. The second-order valence-electron chi connectivity index (χ2n) is 3.05. The van der Waals surface area contributed by atoms with Gasteiger partial charge in [0.05, 0.1) is 15.6 Å². The number of amides is 1. The minimum atomic E-state index is -2.49. The van der Waals surface area contributed by atoms with Crippen LogP contribution in [0.5, 0.6) is 5.75 Å². The van der Waals surface area contributed by atoms with Gasteiger partial charge in [-0.15, -0.1) is 0 Å². The molecule has 14 heavy (non-hydrogen) atoms. The Hall–Kier alpha value is -1.03. The van der Waals surface area contributed by atoms with Crippen LogP contribution in [0.4, 0.5) is 0 Å². The maximum atomic E-state index is 11.6. The van der Waals surface area contributed by atoms with Gasteiger partial charge in [-0.1, -0.05) is 0 Å². The number of hydrogen-bond donors (Lipinski definition) is 1. The van der Waals surface area contributed by atoms with Gasteiger partial charge in [-0.05, 0) is 40.0 Å². The van der Waals surface area contributed by atoms with Crippen molar-refractivity contribution in [2.24, 2.45) is 0 Å². The van der Waals surface area contributed by atoms with Crippen LogP contribution in [-0.2, 0) is 6.42 Å². The molecule has 0 saturated heterocycles. The monoisotopic (exact) mass is 258 g/mol. The summed E-state index contributed by atoms with van der Waals surface area (Å²) < 4.78 is 26.5. The molecule has 1 aliphatic heterocycles. The summed E-state index contributed by atoms with van der Waals surface area (Å²) in [6.07, 6.45) is 0.672. The van der Waals surface area contributed by atoms with Gasteiger partial charge < -0.3 is 10.1 Å². The number of hydrogen-bond acceptors (Lipinski definition) is 2. The molecule has 0 spiro atoms. The van der Waals surface area contributed by atoms with Crippen molar-refractivity contribution >= 4 is 21.8 Å². The van der Waals surface area contributed by atoms with Crippen molar-refractivity contribution in [3.63, 3.8) is 0 Å². The van der Waals surface area contributed by atoms with E-state index in [2.05, 4.69) is 21.2 Å². The van der Waals surface area contributed by atoms with Gasteiger partial charge in [-0.3, -0.25) is 4.79 Å². The summed E-state index contributed by atoms with van der Waals surface area (Å²) in [6.45, 7) is 0.556. The molecule has 0 saturated carbocycles. The second kappa shape index (κ2) is 3.61. The van der Waals surface area contributed by atoms with E-state index in [-0.39, 0.29) is 11.7 Å². The van der Waals surface area contributed by atoms with Crippen LogP contribution >= 0.6 is 15.9 Å². The van der Waals surface area contributed by atoms with Gasteiger partial charge in [0.25, 0.3) is 5.91 Å². The minimum absolute atomic E-state index is 0.146. The quantitative estimate of drug-likeness (QED) is 0.834. The lowest BCUT2D eigenvalue weighted by molar-refractivity contribution is 0.0946. The Kier molecular flexibility index (Phi) is 1.66. The highest BCUT2D eigenvalue weighted by Crippen LogP contribution is 2.29. The number of halogens is 1. The molecular formula is C10H10BrNO2. The summed E-state index contributed by atoms with van der Waals surface area (Å²) >= 11 is 3.20. The first-order valence-electron chi connectivity index (χ1n) is 5.66. The Morgan fingerprint density at radius 2 is 2.50 bits per heavy atom. The molecular weight excluding hydrogens is 246 g/mol. The molecule has 4 heteroatoms. The topological polar surface area (TPSA) is 38.3 Å². The Labute approximate surface area is 94.8 Å². The van der Waals surface area contributed by atoms with Crippen LogP contribution in [0.3, 0.4) is 0 Å². The molecule has 1 aliphatic rings. The van der Waals surface area contributed by atoms with Crippen LogP contribution in [0, 0.1) is 0 Å². The van der Waals surface area contributed by atoms with Crippen LogP contribution in [0.2, 0.25) is 0 Å². The third-order valence-corrected chi connectivity index (χ3v) is 2.81. The predicted octanol–water partition coefficient (Wildman–Crippen LogP) is 1.74. The number of rotatable bonds is 1. The summed E-state index contributed by atoms with van der Waals surface area (Å²) in [6, 6.07) is 3.19. The van der Waals surface area contributed by atoms with Crippen molar-refractivity contribution in [3.8, 4) is 5.75 Å². The maximum Gasteiger partial charge on any atom is 0.251 e. The molecule has 1 amide bonds.